The number of fused-ring (bicyclic) bond motifs is 3. The molecule has 0 saturated carbocycles. The maximum atomic E-state index is 12.6. The minimum absolute atomic E-state index is 0.0256. The van der Waals surface area contributed by atoms with Gasteiger partial charge in [-0.25, -0.2) is 13.2 Å². The Bertz CT molecular complexity index is 1120. The van der Waals surface area contributed by atoms with Gasteiger partial charge in [-0.15, -0.1) is 0 Å². The van der Waals surface area contributed by atoms with Crippen molar-refractivity contribution in [2.45, 2.75) is 18.4 Å². The number of hydrogen-bond acceptors (Lipinski definition) is 6. The number of aliphatic carboxylic acids is 1. The first-order chi connectivity index (χ1) is 15.6. The fourth-order valence-electron chi connectivity index (χ4n) is 3.92. The van der Waals surface area contributed by atoms with E-state index in [2.05, 4.69) is 5.32 Å². The molecular formula is C23H26N2O7S. The molecule has 10 heteroatoms. The third kappa shape index (κ3) is 6.10. The van der Waals surface area contributed by atoms with Crippen LogP contribution in [-0.4, -0.2) is 74.6 Å². The first kappa shape index (κ1) is 24.2. The van der Waals surface area contributed by atoms with E-state index >= 15 is 0 Å². The topological polar surface area (TPSA) is 130 Å². The van der Waals surface area contributed by atoms with Gasteiger partial charge in [0.05, 0.1) is 5.75 Å². The molecule has 2 aromatic carbocycles. The highest BCUT2D eigenvalue weighted by atomic mass is 32.2. The molecule has 1 atom stereocenters. The number of amides is 2. The molecule has 1 aliphatic rings. The molecule has 2 aromatic rings. The lowest BCUT2D eigenvalue weighted by molar-refractivity contribution is -0.144. The number of carbonyl (C=O) groups is 3. The Kier molecular flexibility index (Phi) is 7.37. The molecule has 3 rings (SSSR count). The van der Waals surface area contributed by atoms with E-state index in [1.807, 2.05) is 48.5 Å². The predicted molar refractivity (Wildman–Crippen MR) is 122 cm³/mol. The summed E-state index contributed by atoms with van der Waals surface area (Å²) in [6.07, 6.45) is -0.0679. The third-order valence-electron chi connectivity index (χ3n) is 5.46. The first-order valence-corrected chi connectivity index (χ1v) is 12.4. The van der Waals surface area contributed by atoms with Crippen molar-refractivity contribution in [3.05, 3.63) is 59.7 Å². The van der Waals surface area contributed by atoms with E-state index in [1.165, 1.54) is 7.05 Å². The number of nitrogens with one attached hydrogen (secondary N) is 1. The van der Waals surface area contributed by atoms with E-state index in [4.69, 9.17) is 9.84 Å². The maximum absolute atomic E-state index is 12.6. The van der Waals surface area contributed by atoms with Crippen LogP contribution in [0.1, 0.15) is 23.5 Å². The van der Waals surface area contributed by atoms with Crippen molar-refractivity contribution in [3.8, 4) is 11.1 Å². The summed E-state index contributed by atoms with van der Waals surface area (Å²) in [5, 5.41) is 11.3. The summed E-state index contributed by atoms with van der Waals surface area (Å²) in [7, 11) is -2.14. The van der Waals surface area contributed by atoms with Crippen molar-refractivity contribution < 1.29 is 32.6 Å². The second kappa shape index (κ2) is 10.0. The zero-order chi connectivity index (χ0) is 24.2. The largest absolute Gasteiger partial charge is 0.480 e. The van der Waals surface area contributed by atoms with Crippen LogP contribution in [0.2, 0.25) is 0 Å². The van der Waals surface area contributed by atoms with Gasteiger partial charge in [-0.05, 0) is 28.7 Å². The smallest absolute Gasteiger partial charge is 0.407 e. The lowest BCUT2D eigenvalue weighted by atomic mass is 9.98. The number of sulfone groups is 1. The Morgan fingerprint density at radius 3 is 2.12 bits per heavy atom. The molecule has 0 aliphatic heterocycles. The predicted octanol–water partition coefficient (Wildman–Crippen LogP) is 1.87. The van der Waals surface area contributed by atoms with Gasteiger partial charge in [-0.1, -0.05) is 48.5 Å². The van der Waals surface area contributed by atoms with Gasteiger partial charge < -0.3 is 20.1 Å². The molecule has 0 aromatic heterocycles. The Morgan fingerprint density at radius 1 is 1.06 bits per heavy atom. The standard InChI is InChI=1S/C23H26N2O7S/c1-25(13-21(26)27)22(28)20(11-12-33(2,30)31)24-23(29)32-14-19-17-9-5-3-7-15(17)16-8-4-6-10-18(16)19/h3-10,19-20H,11-14H2,1-2H3,(H,24,29)(H,26,27). The van der Waals surface area contributed by atoms with Crippen molar-refractivity contribution in [1.29, 1.82) is 0 Å². The minimum Gasteiger partial charge on any atom is -0.480 e. The second-order valence-electron chi connectivity index (χ2n) is 8.03. The quantitative estimate of drug-likeness (QED) is 0.567. The molecule has 9 nitrogen and oxygen atoms in total. The highest BCUT2D eigenvalue weighted by Gasteiger charge is 2.30. The Balaban J connectivity index is 1.70. The molecular weight excluding hydrogens is 448 g/mol. The molecule has 0 spiro atoms. The highest BCUT2D eigenvalue weighted by molar-refractivity contribution is 7.90. The first-order valence-electron chi connectivity index (χ1n) is 10.3. The van der Waals surface area contributed by atoms with Crippen LogP contribution in [-0.2, 0) is 24.2 Å². The Hall–Kier alpha value is -3.40. The van der Waals surface area contributed by atoms with Gasteiger partial charge in [0.2, 0.25) is 5.91 Å². The van der Waals surface area contributed by atoms with Gasteiger partial charge in [0.1, 0.15) is 29.0 Å². The molecule has 176 valence electrons. The maximum Gasteiger partial charge on any atom is 0.407 e. The van der Waals surface area contributed by atoms with Crippen molar-refractivity contribution in [2.24, 2.45) is 0 Å². The molecule has 0 heterocycles. The summed E-state index contributed by atoms with van der Waals surface area (Å²) in [4.78, 5) is 37.0. The normalized spacial score (nSPS) is 13.5. The fraction of sp³-hybridized carbons (Fsp3) is 0.348. The van der Waals surface area contributed by atoms with Gasteiger partial charge >= 0.3 is 12.1 Å². The number of ether oxygens (including phenoxy) is 1. The number of carboxylic acid groups (broad SMARTS) is 1. The van der Waals surface area contributed by atoms with Gasteiger partial charge in [-0.3, -0.25) is 9.59 Å². The summed E-state index contributed by atoms with van der Waals surface area (Å²) in [6, 6.07) is 14.4. The monoisotopic (exact) mass is 474 g/mol. The van der Waals surface area contributed by atoms with Gasteiger partial charge in [0.15, 0.2) is 0 Å². The molecule has 2 N–H and O–H groups in total. The Labute approximate surface area is 192 Å². The van der Waals surface area contributed by atoms with Crippen LogP contribution in [0.15, 0.2) is 48.5 Å². The summed E-state index contributed by atoms with van der Waals surface area (Å²) in [5.41, 5.74) is 4.19. The van der Waals surface area contributed by atoms with E-state index in [-0.39, 0.29) is 24.7 Å². The molecule has 0 radical (unpaired) electrons. The van der Waals surface area contributed by atoms with Crippen molar-refractivity contribution >= 4 is 27.8 Å². The van der Waals surface area contributed by atoms with Crippen molar-refractivity contribution in [3.63, 3.8) is 0 Å². The summed E-state index contributed by atoms with van der Waals surface area (Å²) in [5.74, 6) is -2.47. The Morgan fingerprint density at radius 2 is 1.61 bits per heavy atom. The average Bonchev–Trinajstić information content (AvgIpc) is 3.07. The fourth-order valence-corrected chi connectivity index (χ4v) is 4.58. The molecule has 33 heavy (non-hydrogen) atoms. The molecule has 0 bridgehead atoms. The molecule has 2 amide bonds. The van der Waals surface area contributed by atoms with E-state index in [9.17, 15) is 22.8 Å². The lowest BCUT2D eigenvalue weighted by Crippen LogP contribution is -2.49. The SMILES string of the molecule is CN(CC(=O)O)C(=O)C(CCS(C)(=O)=O)NC(=O)OCC1c2ccccc2-c2ccccc21. The number of carbonyl (C=O) groups excluding carboxylic acids is 2. The van der Waals surface area contributed by atoms with Crippen LogP contribution in [0.4, 0.5) is 4.79 Å². The van der Waals surface area contributed by atoms with Crippen LogP contribution < -0.4 is 5.32 Å². The number of alkyl carbamates (subject to hydrolysis) is 1. The van der Waals surface area contributed by atoms with Crippen LogP contribution in [0.3, 0.4) is 0 Å². The zero-order valence-corrected chi connectivity index (χ0v) is 19.2. The van der Waals surface area contributed by atoms with E-state index in [0.29, 0.717) is 0 Å². The third-order valence-corrected chi connectivity index (χ3v) is 6.44. The molecule has 0 fully saturated rings. The van der Waals surface area contributed by atoms with Crippen LogP contribution in [0.5, 0.6) is 0 Å². The van der Waals surface area contributed by atoms with Gasteiger partial charge in [-0.2, -0.15) is 0 Å². The summed E-state index contributed by atoms with van der Waals surface area (Å²) in [6.45, 7) is -0.557. The average molecular weight is 475 g/mol. The number of likely N-dealkylation sites (N-methyl/N-ethyl adjacent to an activating group) is 1. The van der Waals surface area contributed by atoms with Gasteiger partial charge in [0.25, 0.3) is 0 Å². The lowest BCUT2D eigenvalue weighted by Gasteiger charge is -2.23. The number of nitrogens with zero attached hydrogens (tertiary/aromatic N) is 1. The van der Waals surface area contributed by atoms with Crippen LogP contribution >= 0.6 is 0 Å². The highest BCUT2D eigenvalue weighted by Crippen LogP contribution is 2.44. The van der Waals surface area contributed by atoms with E-state index in [0.717, 1.165) is 33.4 Å². The van der Waals surface area contributed by atoms with Crippen LogP contribution in [0, 0.1) is 0 Å². The summed E-state index contributed by atoms with van der Waals surface area (Å²) < 4.78 is 28.6. The molecule has 1 unspecified atom stereocenters. The summed E-state index contributed by atoms with van der Waals surface area (Å²) >= 11 is 0. The number of hydrogen-bond donors (Lipinski definition) is 2. The van der Waals surface area contributed by atoms with Gasteiger partial charge in [0, 0.05) is 19.2 Å². The van der Waals surface area contributed by atoms with E-state index in [1.54, 1.807) is 0 Å². The molecule has 1 aliphatic carbocycles. The number of benzene rings is 2. The molecule has 0 saturated heterocycles. The van der Waals surface area contributed by atoms with E-state index < -0.39 is 40.4 Å². The number of rotatable bonds is 9. The van der Waals surface area contributed by atoms with Crippen molar-refractivity contribution in [1.82, 2.24) is 10.2 Å². The number of carboxylic acids is 1. The second-order valence-corrected chi connectivity index (χ2v) is 10.3. The minimum atomic E-state index is -3.41. The van der Waals surface area contributed by atoms with Crippen LogP contribution in [0.25, 0.3) is 11.1 Å². The zero-order valence-electron chi connectivity index (χ0n) is 18.4. The van der Waals surface area contributed by atoms with Crippen molar-refractivity contribution in [2.75, 3.05) is 32.2 Å².